The van der Waals surface area contributed by atoms with Gasteiger partial charge in [-0.3, -0.25) is 9.36 Å². The summed E-state index contributed by atoms with van der Waals surface area (Å²) in [7, 11) is 0. The van der Waals surface area contributed by atoms with Crippen LogP contribution in [0.2, 0.25) is 0 Å². The summed E-state index contributed by atoms with van der Waals surface area (Å²) in [5, 5.41) is 0.558. The van der Waals surface area contributed by atoms with Crippen molar-refractivity contribution in [2.24, 2.45) is 0 Å². The average Bonchev–Trinajstić information content (AvgIpc) is 2.88. The molecule has 0 saturated heterocycles. The van der Waals surface area contributed by atoms with Crippen LogP contribution in [0.1, 0.15) is 45.9 Å². The molecule has 0 fully saturated rings. The number of carbonyl (C=O) groups is 1. The molecule has 4 rings (SSSR count). The molecule has 0 bridgehead atoms. The molecule has 0 spiro atoms. The van der Waals surface area contributed by atoms with Crippen molar-refractivity contribution in [1.82, 2.24) is 9.55 Å². The molecule has 1 aromatic carbocycles. The van der Waals surface area contributed by atoms with E-state index in [1.807, 2.05) is 49.4 Å². The van der Waals surface area contributed by atoms with Crippen LogP contribution < -0.4 is 5.56 Å². The van der Waals surface area contributed by atoms with Crippen molar-refractivity contribution in [3.63, 3.8) is 0 Å². The van der Waals surface area contributed by atoms with Gasteiger partial charge in [0, 0.05) is 13.0 Å². The zero-order chi connectivity index (χ0) is 19.5. The van der Waals surface area contributed by atoms with Crippen LogP contribution in [0.25, 0.3) is 16.3 Å². The summed E-state index contributed by atoms with van der Waals surface area (Å²) in [4.78, 5) is 31.3. The second-order valence-electron chi connectivity index (χ2n) is 6.94. The lowest BCUT2D eigenvalue weighted by molar-refractivity contribution is 0.0555. The smallest absolute Gasteiger partial charge is 0.348 e. The van der Waals surface area contributed by atoms with Crippen molar-refractivity contribution >= 4 is 33.6 Å². The molecule has 3 heterocycles. The minimum Gasteiger partial charge on any atom is -0.457 e. The van der Waals surface area contributed by atoms with Crippen molar-refractivity contribution in [3.8, 4) is 0 Å². The van der Waals surface area contributed by atoms with E-state index in [1.165, 1.54) is 11.3 Å². The van der Waals surface area contributed by atoms with Gasteiger partial charge < -0.3 is 4.74 Å². The van der Waals surface area contributed by atoms with Gasteiger partial charge in [0.25, 0.3) is 5.56 Å². The van der Waals surface area contributed by atoms with Crippen LogP contribution in [0.5, 0.6) is 0 Å². The van der Waals surface area contributed by atoms with E-state index in [0.717, 1.165) is 37.1 Å². The van der Waals surface area contributed by atoms with E-state index in [1.54, 1.807) is 4.57 Å². The summed E-state index contributed by atoms with van der Waals surface area (Å²) >= 11 is 1.26. The van der Waals surface area contributed by atoms with Crippen LogP contribution in [-0.4, -0.2) is 22.1 Å². The molecule has 6 heteroatoms. The first kappa shape index (κ1) is 18.6. The molecule has 144 valence electrons. The number of aryl methyl sites for hydroxylation is 2. The van der Waals surface area contributed by atoms with Crippen molar-refractivity contribution in [2.45, 2.75) is 39.2 Å². The van der Waals surface area contributed by atoms with E-state index in [4.69, 9.17) is 9.72 Å². The Hall–Kier alpha value is -2.73. The van der Waals surface area contributed by atoms with Gasteiger partial charge in [-0.15, -0.1) is 11.3 Å². The predicted molar refractivity (Wildman–Crippen MR) is 112 cm³/mol. The van der Waals surface area contributed by atoms with Crippen LogP contribution in [0.4, 0.5) is 0 Å². The summed E-state index contributed by atoms with van der Waals surface area (Å²) in [6.45, 7) is 2.70. The Balaban J connectivity index is 1.56. The zero-order valence-corrected chi connectivity index (χ0v) is 16.6. The fraction of sp³-hybridized carbons (Fsp3) is 0.318. The minimum absolute atomic E-state index is 0.0290. The second kappa shape index (κ2) is 8.10. The number of aromatic nitrogens is 2. The Morgan fingerprint density at radius 2 is 2.07 bits per heavy atom. The number of ether oxygens (including phenoxy) is 1. The Morgan fingerprint density at radius 3 is 2.89 bits per heavy atom. The molecule has 0 saturated carbocycles. The topological polar surface area (TPSA) is 61.2 Å². The van der Waals surface area contributed by atoms with Crippen molar-refractivity contribution in [1.29, 1.82) is 0 Å². The molecule has 0 radical (unpaired) electrons. The fourth-order valence-electron chi connectivity index (χ4n) is 3.54. The summed E-state index contributed by atoms with van der Waals surface area (Å²) in [5.41, 5.74) is 1.70. The van der Waals surface area contributed by atoms with Crippen molar-refractivity contribution in [3.05, 3.63) is 68.6 Å². The average molecular weight is 394 g/mol. The van der Waals surface area contributed by atoms with E-state index in [-0.39, 0.29) is 12.2 Å². The number of thiophene rings is 1. The molecule has 0 atom stereocenters. The highest BCUT2D eigenvalue weighted by Gasteiger charge is 2.22. The highest BCUT2D eigenvalue weighted by Crippen LogP contribution is 2.29. The SMILES string of the molecule is Cc1c(C(=O)OC/C=C/c2ccccc2)sc2nc3n(c(=O)c12)CCCCC3. The Labute approximate surface area is 167 Å². The van der Waals surface area contributed by atoms with E-state index in [0.29, 0.717) is 27.2 Å². The largest absolute Gasteiger partial charge is 0.457 e. The molecule has 3 aromatic rings. The van der Waals surface area contributed by atoms with Crippen molar-refractivity contribution < 1.29 is 9.53 Å². The summed E-state index contributed by atoms with van der Waals surface area (Å²) in [5.74, 6) is 0.430. The molecular weight excluding hydrogens is 372 g/mol. The van der Waals surface area contributed by atoms with Gasteiger partial charge in [0.2, 0.25) is 0 Å². The first-order chi connectivity index (χ1) is 13.6. The van der Waals surface area contributed by atoms with E-state index in [2.05, 4.69) is 0 Å². The van der Waals surface area contributed by atoms with Gasteiger partial charge in [-0.1, -0.05) is 42.8 Å². The molecular formula is C22H22N2O3S. The third kappa shape index (κ3) is 3.64. The van der Waals surface area contributed by atoms with Gasteiger partial charge in [-0.25, -0.2) is 9.78 Å². The number of hydrogen-bond donors (Lipinski definition) is 0. The molecule has 28 heavy (non-hydrogen) atoms. The van der Waals surface area contributed by atoms with E-state index >= 15 is 0 Å². The Kier molecular flexibility index (Phi) is 5.39. The zero-order valence-electron chi connectivity index (χ0n) is 15.8. The maximum Gasteiger partial charge on any atom is 0.348 e. The fourth-order valence-corrected chi connectivity index (χ4v) is 4.63. The maximum atomic E-state index is 13.0. The molecule has 0 amide bonds. The molecule has 1 aliphatic heterocycles. The van der Waals surface area contributed by atoms with Crippen LogP contribution in [0.3, 0.4) is 0 Å². The molecule has 0 N–H and O–H groups in total. The molecule has 0 aliphatic carbocycles. The van der Waals surface area contributed by atoms with Gasteiger partial charge in [0.05, 0.1) is 5.39 Å². The van der Waals surface area contributed by atoms with Crippen LogP contribution in [-0.2, 0) is 17.7 Å². The second-order valence-corrected chi connectivity index (χ2v) is 7.94. The Morgan fingerprint density at radius 1 is 1.25 bits per heavy atom. The number of hydrogen-bond acceptors (Lipinski definition) is 5. The van der Waals surface area contributed by atoms with Gasteiger partial charge >= 0.3 is 5.97 Å². The van der Waals surface area contributed by atoms with Crippen molar-refractivity contribution in [2.75, 3.05) is 6.61 Å². The first-order valence-electron chi connectivity index (χ1n) is 9.56. The van der Waals surface area contributed by atoms with Crippen LogP contribution in [0.15, 0.2) is 41.2 Å². The predicted octanol–water partition coefficient (Wildman–Crippen LogP) is 4.36. The van der Waals surface area contributed by atoms with Gasteiger partial charge in [-0.2, -0.15) is 0 Å². The van der Waals surface area contributed by atoms with E-state index in [9.17, 15) is 9.59 Å². The number of carbonyl (C=O) groups excluding carboxylic acids is 1. The maximum absolute atomic E-state index is 13.0. The van der Waals surface area contributed by atoms with Gasteiger partial charge in [0.1, 0.15) is 22.1 Å². The highest BCUT2D eigenvalue weighted by molar-refractivity contribution is 7.20. The third-order valence-electron chi connectivity index (χ3n) is 5.02. The quantitative estimate of drug-likeness (QED) is 0.617. The van der Waals surface area contributed by atoms with Gasteiger partial charge in [-0.05, 0) is 37.0 Å². The number of fused-ring (bicyclic) bond motifs is 2. The molecule has 0 unspecified atom stereocenters. The van der Waals surface area contributed by atoms with Crippen LogP contribution in [0, 0.1) is 6.92 Å². The number of rotatable bonds is 4. The normalized spacial score (nSPS) is 14.2. The van der Waals surface area contributed by atoms with Gasteiger partial charge in [0.15, 0.2) is 0 Å². The number of benzene rings is 1. The first-order valence-corrected chi connectivity index (χ1v) is 10.4. The molecule has 1 aliphatic rings. The van der Waals surface area contributed by atoms with Crippen LogP contribution >= 0.6 is 11.3 Å². The molecule has 2 aromatic heterocycles. The third-order valence-corrected chi connectivity index (χ3v) is 6.18. The van der Waals surface area contributed by atoms with E-state index < -0.39 is 5.97 Å². The Bertz CT molecular complexity index is 1100. The number of esters is 1. The lowest BCUT2D eigenvalue weighted by Gasteiger charge is -2.08. The lowest BCUT2D eigenvalue weighted by Crippen LogP contribution is -2.24. The standard InChI is InChI=1S/C22H22N2O3S/c1-15-18-20(23-17-12-6-3-7-13-24(17)21(18)25)28-19(15)22(26)27-14-8-11-16-9-4-2-5-10-16/h2,4-5,8-11H,3,6-7,12-14H2,1H3/b11-8+. The number of nitrogens with zero attached hydrogens (tertiary/aromatic N) is 2. The minimum atomic E-state index is -0.405. The monoisotopic (exact) mass is 394 g/mol. The lowest BCUT2D eigenvalue weighted by atomic mass is 10.2. The molecule has 5 nitrogen and oxygen atoms in total. The summed E-state index contributed by atoms with van der Waals surface area (Å²) < 4.78 is 7.18. The summed E-state index contributed by atoms with van der Waals surface area (Å²) in [6.07, 6.45) is 7.69. The highest BCUT2D eigenvalue weighted by atomic mass is 32.1. The summed E-state index contributed by atoms with van der Waals surface area (Å²) in [6, 6.07) is 9.84.